The van der Waals surface area contributed by atoms with Crippen molar-refractivity contribution in [2.75, 3.05) is 31.6 Å². The summed E-state index contributed by atoms with van der Waals surface area (Å²) >= 11 is 0. The van der Waals surface area contributed by atoms with Gasteiger partial charge < -0.3 is 15.5 Å². The van der Waals surface area contributed by atoms with Gasteiger partial charge in [0.25, 0.3) is 0 Å². The van der Waals surface area contributed by atoms with E-state index >= 15 is 0 Å². The number of aromatic nitrogens is 1. The van der Waals surface area contributed by atoms with Crippen LogP contribution >= 0.6 is 24.0 Å². The van der Waals surface area contributed by atoms with E-state index in [-0.39, 0.29) is 30.0 Å². The summed E-state index contributed by atoms with van der Waals surface area (Å²) in [6.45, 7) is 4.07. The molecule has 2 aromatic rings. The SMILES string of the molecule is CN=C(NCCc1ccc(C)nc1)NC1CCN(c2ccc(F)cc2F)C1.I. The van der Waals surface area contributed by atoms with E-state index in [2.05, 4.69) is 26.7 Å². The van der Waals surface area contributed by atoms with Crippen LogP contribution in [0, 0.1) is 18.6 Å². The van der Waals surface area contributed by atoms with Gasteiger partial charge in [-0.2, -0.15) is 0 Å². The first kappa shape index (κ1) is 22.3. The number of aliphatic imine (C=N–C) groups is 1. The summed E-state index contributed by atoms with van der Waals surface area (Å²) in [5, 5.41) is 6.68. The van der Waals surface area contributed by atoms with E-state index in [4.69, 9.17) is 0 Å². The minimum atomic E-state index is -0.557. The van der Waals surface area contributed by atoms with Gasteiger partial charge in [-0.15, -0.1) is 24.0 Å². The second-order valence-electron chi connectivity index (χ2n) is 6.73. The average molecular weight is 501 g/mol. The van der Waals surface area contributed by atoms with Crippen molar-refractivity contribution in [2.24, 2.45) is 4.99 Å². The summed E-state index contributed by atoms with van der Waals surface area (Å²) in [7, 11) is 1.73. The van der Waals surface area contributed by atoms with Gasteiger partial charge in [-0.05, 0) is 43.5 Å². The van der Waals surface area contributed by atoms with Crippen molar-refractivity contribution in [3.63, 3.8) is 0 Å². The first-order valence-corrected chi connectivity index (χ1v) is 9.14. The molecule has 152 valence electrons. The lowest BCUT2D eigenvalue weighted by atomic mass is 10.2. The topological polar surface area (TPSA) is 52.6 Å². The van der Waals surface area contributed by atoms with Crippen LogP contribution < -0.4 is 15.5 Å². The number of anilines is 1. The third-order valence-electron chi connectivity index (χ3n) is 4.68. The molecular weight excluding hydrogens is 475 g/mol. The third kappa shape index (κ3) is 6.02. The molecule has 1 fully saturated rings. The number of halogens is 3. The zero-order chi connectivity index (χ0) is 19.2. The Morgan fingerprint density at radius 2 is 2.11 bits per heavy atom. The summed E-state index contributed by atoms with van der Waals surface area (Å²) in [6.07, 6.45) is 3.60. The van der Waals surface area contributed by atoms with Crippen LogP contribution in [0.2, 0.25) is 0 Å². The highest BCUT2D eigenvalue weighted by Crippen LogP contribution is 2.24. The van der Waals surface area contributed by atoms with Gasteiger partial charge in [-0.3, -0.25) is 9.98 Å². The Balaban J connectivity index is 0.00000280. The Morgan fingerprint density at radius 3 is 2.79 bits per heavy atom. The highest BCUT2D eigenvalue weighted by atomic mass is 127. The van der Waals surface area contributed by atoms with E-state index in [1.54, 1.807) is 7.05 Å². The monoisotopic (exact) mass is 501 g/mol. The molecule has 1 saturated heterocycles. The molecule has 8 heteroatoms. The first-order chi connectivity index (χ1) is 13.0. The Hall–Kier alpha value is -1.97. The molecule has 1 atom stereocenters. The standard InChI is InChI=1S/C20H25F2N5.HI/c1-14-3-4-15(12-25-14)7-9-24-20(23-2)26-17-8-10-27(13-17)19-6-5-16(21)11-18(19)22;/h3-6,11-12,17H,7-10,13H2,1-2H3,(H2,23,24,26);1H. The zero-order valence-electron chi connectivity index (χ0n) is 16.1. The van der Waals surface area contributed by atoms with Gasteiger partial charge in [0.15, 0.2) is 5.96 Å². The third-order valence-corrected chi connectivity index (χ3v) is 4.68. The molecule has 2 N–H and O–H groups in total. The highest BCUT2D eigenvalue weighted by molar-refractivity contribution is 14.0. The molecule has 1 aliphatic heterocycles. The maximum atomic E-state index is 14.0. The fourth-order valence-electron chi connectivity index (χ4n) is 3.19. The summed E-state index contributed by atoms with van der Waals surface area (Å²) in [6, 6.07) is 7.95. The van der Waals surface area contributed by atoms with Crippen molar-refractivity contribution >= 4 is 35.6 Å². The van der Waals surface area contributed by atoms with E-state index in [1.165, 1.54) is 17.7 Å². The molecule has 0 amide bonds. The quantitative estimate of drug-likeness (QED) is 0.375. The van der Waals surface area contributed by atoms with E-state index < -0.39 is 11.6 Å². The molecule has 0 spiro atoms. The second kappa shape index (κ2) is 10.5. The highest BCUT2D eigenvalue weighted by Gasteiger charge is 2.25. The summed E-state index contributed by atoms with van der Waals surface area (Å²) < 4.78 is 27.1. The van der Waals surface area contributed by atoms with Gasteiger partial charge in [0.1, 0.15) is 11.6 Å². The van der Waals surface area contributed by atoms with Gasteiger partial charge in [0, 0.05) is 50.7 Å². The molecule has 28 heavy (non-hydrogen) atoms. The minimum absolute atomic E-state index is 0. The molecule has 2 heterocycles. The summed E-state index contributed by atoms with van der Waals surface area (Å²) in [5.41, 5.74) is 2.62. The predicted molar refractivity (Wildman–Crippen MR) is 120 cm³/mol. The number of nitrogens with one attached hydrogen (secondary N) is 2. The Kier molecular flexibility index (Phi) is 8.40. The molecule has 0 bridgehead atoms. The number of pyridine rings is 1. The molecular formula is C20H26F2IN5. The maximum absolute atomic E-state index is 14.0. The molecule has 1 unspecified atom stereocenters. The number of guanidine groups is 1. The van der Waals surface area contributed by atoms with Gasteiger partial charge in [0.2, 0.25) is 0 Å². The lowest BCUT2D eigenvalue weighted by molar-refractivity contribution is 0.580. The molecule has 1 aliphatic rings. The Labute approximate surface area is 181 Å². The van der Waals surface area contributed by atoms with Crippen LogP contribution in [-0.4, -0.2) is 43.7 Å². The molecule has 1 aromatic heterocycles. The van der Waals surface area contributed by atoms with E-state index in [0.29, 0.717) is 18.8 Å². The minimum Gasteiger partial charge on any atom is -0.367 e. The van der Waals surface area contributed by atoms with Crippen LogP contribution in [-0.2, 0) is 6.42 Å². The zero-order valence-corrected chi connectivity index (χ0v) is 18.4. The fraction of sp³-hybridized carbons (Fsp3) is 0.400. The fourth-order valence-corrected chi connectivity index (χ4v) is 3.19. The van der Waals surface area contributed by atoms with E-state index in [0.717, 1.165) is 37.1 Å². The van der Waals surface area contributed by atoms with Crippen LogP contribution in [0.25, 0.3) is 0 Å². The van der Waals surface area contributed by atoms with Crippen LogP contribution in [0.5, 0.6) is 0 Å². The van der Waals surface area contributed by atoms with Crippen LogP contribution in [0.3, 0.4) is 0 Å². The number of hydrogen-bond donors (Lipinski definition) is 2. The number of rotatable bonds is 5. The molecule has 0 aliphatic carbocycles. The number of hydrogen-bond acceptors (Lipinski definition) is 3. The van der Waals surface area contributed by atoms with Gasteiger partial charge in [-0.1, -0.05) is 6.07 Å². The molecule has 1 aromatic carbocycles. The second-order valence-corrected chi connectivity index (χ2v) is 6.73. The average Bonchev–Trinajstić information content (AvgIpc) is 3.10. The summed E-state index contributed by atoms with van der Waals surface area (Å²) in [4.78, 5) is 10.5. The molecule has 5 nitrogen and oxygen atoms in total. The van der Waals surface area contributed by atoms with Crippen molar-refractivity contribution < 1.29 is 8.78 Å². The van der Waals surface area contributed by atoms with Gasteiger partial charge in [0.05, 0.1) is 5.69 Å². The lowest BCUT2D eigenvalue weighted by Crippen LogP contribution is -2.45. The van der Waals surface area contributed by atoms with Crippen LogP contribution in [0.1, 0.15) is 17.7 Å². The smallest absolute Gasteiger partial charge is 0.191 e. The normalized spacial score (nSPS) is 16.6. The first-order valence-electron chi connectivity index (χ1n) is 9.14. The summed E-state index contributed by atoms with van der Waals surface area (Å²) in [5.74, 6) is -0.357. The number of nitrogens with zero attached hydrogens (tertiary/aromatic N) is 3. The van der Waals surface area contributed by atoms with Crippen LogP contribution in [0.15, 0.2) is 41.5 Å². The van der Waals surface area contributed by atoms with Crippen molar-refractivity contribution in [2.45, 2.75) is 25.8 Å². The Bertz CT molecular complexity index is 798. The maximum Gasteiger partial charge on any atom is 0.191 e. The number of aryl methyl sites for hydroxylation is 1. The van der Waals surface area contributed by atoms with Gasteiger partial charge >= 0.3 is 0 Å². The molecule has 3 rings (SSSR count). The van der Waals surface area contributed by atoms with Crippen molar-refractivity contribution in [3.05, 3.63) is 59.4 Å². The Morgan fingerprint density at radius 1 is 1.29 bits per heavy atom. The molecule has 0 radical (unpaired) electrons. The molecule has 0 saturated carbocycles. The number of benzene rings is 1. The van der Waals surface area contributed by atoms with Crippen molar-refractivity contribution in [1.82, 2.24) is 15.6 Å². The largest absolute Gasteiger partial charge is 0.367 e. The lowest BCUT2D eigenvalue weighted by Gasteiger charge is -2.21. The van der Waals surface area contributed by atoms with Crippen molar-refractivity contribution in [3.8, 4) is 0 Å². The van der Waals surface area contributed by atoms with E-state index in [9.17, 15) is 8.78 Å². The van der Waals surface area contributed by atoms with Crippen molar-refractivity contribution in [1.29, 1.82) is 0 Å². The van der Waals surface area contributed by atoms with E-state index in [1.807, 2.05) is 24.1 Å². The van der Waals surface area contributed by atoms with Gasteiger partial charge in [-0.25, -0.2) is 8.78 Å². The predicted octanol–water partition coefficient (Wildman–Crippen LogP) is 3.27. The van der Waals surface area contributed by atoms with Crippen LogP contribution in [0.4, 0.5) is 14.5 Å².